The third kappa shape index (κ3) is 3.43. The van der Waals surface area contributed by atoms with E-state index in [0.717, 1.165) is 18.0 Å². The minimum absolute atomic E-state index is 0.00674. The van der Waals surface area contributed by atoms with Gasteiger partial charge in [-0.05, 0) is 26.0 Å². The number of nitrogens with zero attached hydrogens (tertiary/aromatic N) is 3. The predicted molar refractivity (Wildman–Crippen MR) is 89.7 cm³/mol. The van der Waals surface area contributed by atoms with E-state index in [0.29, 0.717) is 37.6 Å². The first kappa shape index (κ1) is 16.5. The first-order valence-corrected chi connectivity index (χ1v) is 8.14. The Hall–Kier alpha value is -2.34. The van der Waals surface area contributed by atoms with Gasteiger partial charge in [-0.3, -0.25) is 9.48 Å². The monoisotopic (exact) mass is 329 g/mol. The molecule has 1 atom stereocenters. The third-order valence-corrected chi connectivity index (χ3v) is 4.21. The van der Waals surface area contributed by atoms with Gasteiger partial charge in [-0.1, -0.05) is 6.08 Å². The van der Waals surface area contributed by atoms with E-state index in [1.807, 2.05) is 35.6 Å². The van der Waals surface area contributed by atoms with Gasteiger partial charge in [0.15, 0.2) is 0 Å². The zero-order chi connectivity index (χ0) is 17.1. The molecule has 128 valence electrons. The minimum atomic E-state index is -0.00674. The van der Waals surface area contributed by atoms with Gasteiger partial charge in [0.2, 0.25) is 0 Å². The van der Waals surface area contributed by atoms with Gasteiger partial charge in [0.25, 0.3) is 5.91 Å². The number of rotatable bonds is 5. The molecule has 3 heterocycles. The molecule has 0 aromatic carbocycles. The number of hydrogen-bond donors (Lipinski definition) is 0. The van der Waals surface area contributed by atoms with Crippen molar-refractivity contribution in [2.45, 2.75) is 26.9 Å². The fourth-order valence-electron chi connectivity index (χ4n) is 3.12. The lowest BCUT2D eigenvalue weighted by Crippen LogP contribution is -2.35. The molecule has 1 aliphatic rings. The van der Waals surface area contributed by atoms with Crippen LogP contribution in [-0.4, -0.2) is 40.3 Å². The number of amides is 1. The van der Waals surface area contributed by atoms with Gasteiger partial charge in [-0.2, -0.15) is 5.10 Å². The first-order valence-electron chi connectivity index (χ1n) is 8.14. The summed E-state index contributed by atoms with van der Waals surface area (Å²) >= 11 is 0. The standard InChI is InChI=1S/C18H23N3O3/c1-4-7-23-12-15-9-20(11-16-5-6-19-21(16)10-15)18(22)17-8-13(2)24-14(17)3/h4-6,8,15H,1,7,9-12H2,2-3H3. The number of aryl methyl sites for hydroxylation is 2. The van der Waals surface area contributed by atoms with Crippen molar-refractivity contribution in [2.75, 3.05) is 19.8 Å². The molecule has 2 aromatic heterocycles. The van der Waals surface area contributed by atoms with Crippen molar-refractivity contribution in [2.24, 2.45) is 5.92 Å². The Morgan fingerprint density at radius 3 is 3.04 bits per heavy atom. The van der Waals surface area contributed by atoms with Crippen LogP contribution in [0.2, 0.25) is 0 Å². The summed E-state index contributed by atoms with van der Waals surface area (Å²) in [6, 6.07) is 3.77. The summed E-state index contributed by atoms with van der Waals surface area (Å²) in [5.41, 5.74) is 1.67. The number of fused-ring (bicyclic) bond motifs is 1. The predicted octanol–water partition coefficient (Wildman–Crippen LogP) is 2.57. The molecular formula is C18H23N3O3. The molecule has 0 saturated heterocycles. The molecule has 6 heteroatoms. The summed E-state index contributed by atoms with van der Waals surface area (Å²) in [6.07, 6.45) is 3.51. The second kappa shape index (κ2) is 7.05. The van der Waals surface area contributed by atoms with E-state index in [1.54, 1.807) is 12.3 Å². The maximum Gasteiger partial charge on any atom is 0.257 e. The molecule has 1 unspecified atom stereocenters. The van der Waals surface area contributed by atoms with Crippen LogP contribution in [0.3, 0.4) is 0 Å². The summed E-state index contributed by atoms with van der Waals surface area (Å²) in [6.45, 7) is 10.3. The fourth-order valence-corrected chi connectivity index (χ4v) is 3.12. The van der Waals surface area contributed by atoms with Crippen molar-refractivity contribution in [3.8, 4) is 0 Å². The summed E-state index contributed by atoms with van der Waals surface area (Å²) in [7, 11) is 0. The number of ether oxygens (including phenoxy) is 1. The van der Waals surface area contributed by atoms with Crippen molar-refractivity contribution >= 4 is 5.91 Å². The van der Waals surface area contributed by atoms with Crippen molar-refractivity contribution < 1.29 is 13.9 Å². The number of aromatic nitrogens is 2. The van der Waals surface area contributed by atoms with E-state index in [4.69, 9.17) is 9.15 Å². The zero-order valence-corrected chi connectivity index (χ0v) is 14.2. The van der Waals surface area contributed by atoms with Gasteiger partial charge in [0.05, 0.1) is 31.0 Å². The average Bonchev–Trinajstić information content (AvgIpc) is 3.07. The van der Waals surface area contributed by atoms with Crippen molar-refractivity contribution in [3.05, 3.63) is 53.8 Å². The smallest absolute Gasteiger partial charge is 0.257 e. The lowest BCUT2D eigenvalue weighted by atomic mass is 10.1. The van der Waals surface area contributed by atoms with E-state index in [9.17, 15) is 4.79 Å². The quantitative estimate of drug-likeness (QED) is 0.625. The molecule has 0 fully saturated rings. The van der Waals surface area contributed by atoms with Gasteiger partial charge in [-0.15, -0.1) is 6.58 Å². The van der Waals surface area contributed by atoms with E-state index in [2.05, 4.69) is 11.7 Å². The Bertz CT molecular complexity index is 732. The summed E-state index contributed by atoms with van der Waals surface area (Å²) < 4.78 is 13.1. The molecule has 0 bridgehead atoms. The van der Waals surface area contributed by atoms with Gasteiger partial charge in [0, 0.05) is 25.2 Å². The zero-order valence-electron chi connectivity index (χ0n) is 14.2. The highest BCUT2D eigenvalue weighted by atomic mass is 16.5. The van der Waals surface area contributed by atoms with Crippen LogP contribution in [0, 0.1) is 19.8 Å². The molecule has 0 saturated carbocycles. The molecule has 1 aliphatic heterocycles. The summed E-state index contributed by atoms with van der Waals surface area (Å²) in [4.78, 5) is 14.8. The maximum atomic E-state index is 13.0. The number of furan rings is 1. The van der Waals surface area contributed by atoms with Crippen molar-refractivity contribution in [1.29, 1.82) is 0 Å². The van der Waals surface area contributed by atoms with Crippen LogP contribution in [0.4, 0.5) is 0 Å². The molecule has 2 aromatic rings. The van der Waals surface area contributed by atoms with Crippen LogP contribution >= 0.6 is 0 Å². The molecular weight excluding hydrogens is 306 g/mol. The molecule has 0 aliphatic carbocycles. The second-order valence-corrected chi connectivity index (χ2v) is 6.21. The largest absolute Gasteiger partial charge is 0.466 e. The van der Waals surface area contributed by atoms with Gasteiger partial charge in [0.1, 0.15) is 11.5 Å². The van der Waals surface area contributed by atoms with Gasteiger partial charge < -0.3 is 14.1 Å². The Balaban J connectivity index is 1.82. The average molecular weight is 329 g/mol. The molecule has 3 rings (SSSR count). The van der Waals surface area contributed by atoms with Crippen LogP contribution in [0.25, 0.3) is 0 Å². The SMILES string of the molecule is C=CCOCC1CN(C(=O)c2cc(C)oc2C)Cc2ccnn2C1. The first-order chi connectivity index (χ1) is 11.6. The maximum absolute atomic E-state index is 13.0. The Morgan fingerprint density at radius 2 is 2.33 bits per heavy atom. The molecule has 0 radical (unpaired) electrons. The highest BCUT2D eigenvalue weighted by Gasteiger charge is 2.28. The van der Waals surface area contributed by atoms with E-state index in [-0.39, 0.29) is 11.8 Å². The lowest BCUT2D eigenvalue weighted by Gasteiger charge is -2.23. The lowest BCUT2D eigenvalue weighted by molar-refractivity contribution is 0.0635. The van der Waals surface area contributed by atoms with Crippen LogP contribution in [0.15, 0.2) is 35.4 Å². The third-order valence-electron chi connectivity index (χ3n) is 4.21. The Morgan fingerprint density at radius 1 is 1.50 bits per heavy atom. The molecule has 0 spiro atoms. The summed E-state index contributed by atoms with van der Waals surface area (Å²) in [5.74, 6) is 1.59. The van der Waals surface area contributed by atoms with Crippen molar-refractivity contribution in [3.63, 3.8) is 0 Å². The second-order valence-electron chi connectivity index (χ2n) is 6.21. The fraction of sp³-hybridized carbons (Fsp3) is 0.444. The molecule has 1 amide bonds. The molecule has 24 heavy (non-hydrogen) atoms. The Kier molecular flexibility index (Phi) is 4.85. The number of carbonyl (C=O) groups is 1. The molecule has 0 N–H and O–H groups in total. The Labute approximate surface area is 141 Å². The highest BCUT2D eigenvalue weighted by molar-refractivity contribution is 5.95. The van der Waals surface area contributed by atoms with E-state index in [1.165, 1.54) is 0 Å². The number of carbonyl (C=O) groups excluding carboxylic acids is 1. The van der Waals surface area contributed by atoms with Crippen molar-refractivity contribution in [1.82, 2.24) is 14.7 Å². The van der Waals surface area contributed by atoms with Gasteiger partial charge >= 0.3 is 0 Å². The molecule has 6 nitrogen and oxygen atoms in total. The van der Waals surface area contributed by atoms with Gasteiger partial charge in [-0.25, -0.2) is 0 Å². The van der Waals surface area contributed by atoms with Crippen LogP contribution in [0.5, 0.6) is 0 Å². The van der Waals surface area contributed by atoms with Crippen LogP contribution in [-0.2, 0) is 17.8 Å². The van der Waals surface area contributed by atoms with E-state index < -0.39 is 0 Å². The normalized spacial score (nSPS) is 17.4. The topological polar surface area (TPSA) is 60.5 Å². The van der Waals surface area contributed by atoms with E-state index >= 15 is 0 Å². The number of hydrogen-bond acceptors (Lipinski definition) is 4. The summed E-state index contributed by atoms with van der Waals surface area (Å²) in [5, 5.41) is 4.37. The minimum Gasteiger partial charge on any atom is -0.466 e. The van der Waals surface area contributed by atoms with Crippen LogP contribution < -0.4 is 0 Å². The highest BCUT2D eigenvalue weighted by Crippen LogP contribution is 2.21. The van der Waals surface area contributed by atoms with Crippen LogP contribution in [0.1, 0.15) is 27.6 Å².